The van der Waals surface area contributed by atoms with Gasteiger partial charge in [0.15, 0.2) is 0 Å². The summed E-state index contributed by atoms with van der Waals surface area (Å²) in [7, 11) is 1.29. The molecule has 0 fully saturated rings. The number of nitrogens with one attached hydrogen (secondary N) is 1. The van der Waals surface area contributed by atoms with Crippen LogP contribution in [0.4, 0.5) is 5.69 Å². The quantitative estimate of drug-likeness (QED) is 0.854. The zero-order valence-corrected chi connectivity index (χ0v) is 11.3. The molecule has 1 heterocycles. The maximum atomic E-state index is 11.9. The van der Waals surface area contributed by atoms with Gasteiger partial charge in [0.1, 0.15) is 5.70 Å². The van der Waals surface area contributed by atoms with E-state index >= 15 is 0 Å². The average Bonchev–Trinajstić information content (AvgIpc) is 2.66. The third-order valence-electron chi connectivity index (χ3n) is 2.76. The number of para-hydroxylation sites is 1. The van der Waals surface area contributed by atoms with Gasteiger partial charge in [-0.3, -0.25) is 0 Å². The minimum atomic E-state index is -0.545. The standard InChI is InChI=1S/C15H15NO4/c1-3-20-14(17)11-8-10-6-4-5-7-12(10)16-13(9-11)15(18)19-2/h4-9,16H,3H2,1-2H3. The van der Waals surface area contributed by atoms with E-state index in [-0.39, 0.29) is 12.3 Å². The van der Waals surface area contributed by atoms with Crippen LogP contribution < -0.4 is 5.32 Å². The van der Waals surface area contributed by atoms with E-state index in [2.05, 4.69) is 5.32 Å². The molecule has 0 saturated heterocycles. The van der Waals surface area contributed by atoms with Gasteiger partial charge in [0.2, 0.25) is 0 Å². The predicted molar refractivity (Wildman–Crippen MR) is 74.8 cm³/mol. The minimum absolute atomic E-state index is 0.191. The Hall–Kier alpha value is -2.56. The molecule has 0 unspecified atom stereocenters. The Morgan fingerprint density at radius 1 is 1.15 bits per heavy atom. The molecule has 2 rings (SSSR count). The van der Waals surface area contributed by atoms with Crippen LogP contribution in [0.3, 0.4) is 0 Å². The molecule has 1 aliphatic rings. The number of fused-ring (bicyclic) bond motifs is 1. The zero-order chi connectivity index (χ0) is 14.5. The van der Waals surface area contributed by atoms with Crippen molar-refractivity contribution in [2.45, 2.75) is 6.92 Å². The number of esters is 2. The summed E-state index contributed by atoms with van der Waals surface area (Å²) in [5, 5.41) is 2.96. The zero-order valence-electron chi connectivity index (χ0n) is 11.3. The fourth-order valence-electron chi connectivity index (χ4n) is 1.83. The second kappa shape index (κ2) is 6.06. The van der Waals surface area contributed by atoms with Crippen molar-refractivity contribution in [3.63, 3.8) is 0 Å². The largest absolute Gasteiger partial charge is 0.464 e. The smallest absolute Gasteiger partial charge is 0.354 e. The fourth-order valence-corrected chi connectivity index (χ4v) is 1.83. The summed E-state index contributed by atoms with van der Waals surface area (Å²) in [4.78, 5) is 23.6. The topological polar surface area (TPSA) is 64.6 Å². The summed E-state index contributed by atoms with van der Waals surface area (Å²) in [6.07, 6.45) is 3.11. The molecule has 0 amide bonds. The molecule has 0 bridgehead atoms. The van der Waals surface area contributed by atoms with Gasteiger partial charge in [-0.05, 0) is 30.7 Å². The Kier molecular flexibility index (Phi) is 4.20. The van der Waals surface area contributed by atoms with E-state index in [0.29, 0.717) is 5.57 Å². The minimum Gasteiger partial charge on any atom is -0.464 e. The van der Waals surface area contributed by atoms with Crippen molar-refractivity contribution in [1.29, 1.82) is 0 Å². The van der Waals surface area contributed by atoms with E-state index in [1.165, 1.54) is 13.2 Å². The maximum Gasteiger partial charge on any atom is 0.354 e. The van der Waals surface area contributed by atoms with E-state index in [9.17, 15) is 9.59 Å². The van der Waals surface area contributed by atoms with Crippen LogP contribution in [0.25, 0.3) is 6.08 Å². The van der Waals surface area contributed by atoms with Gasteiger partial charge in [0, 0.05) is 5.69 Å². The SMILES string of the molecule is CCOC(=O)C1=Cc2ccccc2NC(C(=O)OC)=C1. The van der Waals surface area contributed by atoms with Crippen LogP contribution in [0.5, 0.6) is 0 Å². The van der Waals surface area contributed by atoms with Crippen LogP contribution in [-0.2, 0) is 19.1 Å². The Bertz CT molecular complexity index is 602. The molecule has 5 heteroatoms. The molecule has 1 aliphatic heterocycles. The van der Waals surface area contributed by atoms with Crippen molar-refractivity contribution in [3.05, 3.63) is 47.2 Å². The summed E-state index contributed by atoms with van der Waals surface area (Å²) in [6, 6.07) is 7.35. The lowest BCUT2D eigenvalue weighted by molar-refractivity contribution is -0.138. The van der Waals surface area contributed by atoms with Crippen molar-refractivity contribution in [2.24, 2.45) is 0 Å². The first-order valence-corrected chi connectivity index (χ1v) is 6.20. The molecule has 20 heavy (non-hydrogen) atoms. The average molecular weight is 273 g/mol. The van der Waals surface area contributed by atoms with E-state index in [1.807, 2.05) is 24.3 Å². The molecule has 0 aromatic heterocycles. The summed E-state index contributed by atoms with van der Waals surface area (Å²) in [5.74, 6) is -1.02. The maximum absolute atomic E-state index is 11.9. The third kappa shape index (κ3) is 2.88. The predicted octanol–water partition coefficient (Wildman–Crippen LogP) is 2.12. The highest BCUT2D eigenvalue weighted by Gasteiger charge is 2.19. The van der Waals surface area contributed by atoms with E-state index in [4.69, 9.17) is 9.47 Å². The number of carbonyl (C=O) groups is 2. The highest BCUT2D eigenvalue weighted by atomic mass is 16.5. The lowest BCUT2D eigenvalue weighted by Gasteiger charge is -2.09. The molecule has 0 aliphatic carbocycles. The Labute approximate surface area is 116 Å². The van der Waals surface area contributed by atoms with Gasteiger partial charge >= 0.3 is 11.9 Å². The number of anilines is 1. The number of hydrogen-bond acceptors (Lipinski definition) is 5. The number of rotatable bonds is 3. The summed E-state index contributed by atoms with van der Waals surface area (Å²) in [6.45, 7) is 2.00. The van der Waals surface area contributed by atoms with Gasteiger partial charge in [-0.15, -0.1) is 0 Å². The second-order valence-corrected chi connectivity index (χ2v) is 4.08. The molecule has 5 nitrogen and oxygen atoms in total. The van der Waals surface area contributed by atoms with Crippen LogP contribution in [0.2, 0.25) is 0 Å². The Balaban J connectivity index is 2.48. The molecule has 104 valence electrons. The number of hydrogen-bond donors (Lipinski definition) is 1. The Morgan fingerprint density at radius 2 is 1.90 bits per heavy atom. The summed E-state index contributed by atoms with van der Waals surface area (Å²) < 4.78 is 9.68. The van der Waals surface area contributed by atoms with Gasteiger partial charge in [-0.1, -0.05) is 18.2 Å². The summed E-state index contributed by atoms with van der Waals surface area (Å²) >= 11 is 0. The normalized spacial score (nSPS) is 13.1. The number of carbonyl (C=O) groups excluding carboxylic acids is 2. The van der Waals surface area contributed by atoms with Crippen LogP contribution in [0, 0.1) is 0 Å². The summed E-state index contributed by atoms with van der Waals surface area (Å²) in [5.41, 5.74) is 2.01. The van der Waals surface area contributed by atoms with Crippen LogP contribution in [-0.4, -0.2) is 25.7 Å². The van der Waals surface area contributed by atoms with Crippen molar-refractivity contribution < 1.29 is 19.1 Å². The second-order valence-electron chi connectivity index (χ2n) is 4.08. The molecule has 0 atom stereocenters. The monoisotopic (exact) mass is 273 g/mol. The lowest BCUT2D eigenvalue weighted by Crippen LogP contribution is -2.14. The van der Waals surface area contributed by atoms with Crippen molar-refractivity contribution in [1.82, 2.24) is 0 Å². The molecular weight excluding hydrogens is 258 g/mol. The fraction of sp³-hybridized carbons (Fsp3) is 0.200. The molecule has 1 N–H and O–H groups in total. The first-order valence-electron chi connectivity index (χ1n) is 6.20. The first-order chi connectivity index (χ1) is 9.65. The molecule has 1 aromatic carbocycles. The van der Waals surface area contributed by atoms with Crippen molar-refractivity contribution in [3.8, 4) is 0 Å². The van der Waals surface area contributed by atoms with Gasteiger partial charge in [-0.2, -0.15) is 0 Å². The molecule has 0 spiro atoms. The lowest BCUT2D eigenvalue weighted by atomic mass is 10.1. The highest BCUT2D eigenvalue weighted by Crippen LogP contribution is 2.25. The molecule has 1 aromatic rings. The van der Waals surface area contributed by atoms with Crippen molar-refractivity contribution >= 4 is 23.7 Å². The number of benzene rings is 1. The van der Waals surface area contributed by atoms with Crippen LogP contribution in [0.15, 0.2) is 41.6 Å². The van der Waals surface area contributed by atoms with E-state index < -0.39 is 11.9 Å². The highest BCUT2D eigenvalue weighted by molar-refractivity contribution is 6.03. The molecular formula is C15H15NO4. The first kappa shape index (κ1) is 13.9. The molecule has 0 saturated carbocycles. The van der Waals surface area contributed by atoms with Gasteiger partial charge in [0.25, 0.3) is 0 Å². The van der Waals surface area contributed by atoms with E-state index in [0.717, 1.165) is 11.3 Å². The van der Waals surface area contributed by atoms with Gasteiger partial charge < -0.3 is 14.8 Å². The van der Waals surface area contributed by atoms with Crippen LogP contribution in [0.1, 0.15) is 12.5 Å². The van der Waals surface area contributed by atoms with Gasteiger partial charge in [-0.25, -0.2) is 9.59 Å². The Morgan fingerprint density at radius 3 is 2.60 bits per heavy atom. The number of ether oxygens (including phenoxy) is 2. The van der Waals surface area contributed by atoms with Gasteiger partial charge in [0.05, 0.1) is 19.3 Å². The van der Waals surface area contributed by atoms with Crippen molar-refractivity contribution in [2.75, 3.05) is 19.0 Å². The van der Waals surface area contributed by atoms with E-state index in [1.54, 1.807) is 13.0 Å². The third-order valence-corrected chi connectivity index (χ3v) is 2.76. The number of methoxy groups -OCH3 is 1. The van der Waals surface area contributed by atoms with Crippen LogP contribution >= 0.6 is 0 Å². The molecule has 0 radical (unpaired) electrons.